The lowest BCUT2D eigenvalue weighted by molar-refractivity contribution is 0.414. The lowest BCUT2D eigenvalue weighted by Gasteiger charge is -2.08. The molecule has 0 amide bonds. The van der Waals surface area contributed by atoms with Gasteiger partial charge in [0.25, 0.3) is 5.56 Å². The second kappa shape index (κ2) is 5.10. The summed E-state index contributed by atoms with van der Waals surface area (Å²) in [7, 11) is 3.20. The molecule has 8 nitrogen and oxygen atoms in total. The number of aromatic amines is 1. The van der Waals surface area contributed by atoms with Crippen LogP contribution in [0.5, 0.6) is 5.75 Å². The highest BCUT2D eigenvalue weighted by Gasteiger charge is 2.21. The summed E-state index contributed by atoms with van der Waals surface area (Å²) in [5, 5.41) is 0. The summed E-state index contributed by atoms with van der Waals surface area (Å²) < 4.78 is 10.4. The SMILES string of the molecule is COc1cccc(-n2c(C)c(C)n3c4c(=O)[nH]c(=O)n(C)c4nc23)c1. The van der Waals surface area contributed by atoms with Crippen LogP contribution in [-0.4, -0.2) is 30.6 Å². The molecule has 0 unspecified atom stereocenters. The number of fused-ring (bicyclic) bond motifs is 3. The van der Waals surface area contributed by atoms with Crippen LogP contribution >= 0.6 is 0 Å². The molecule has 0 aliphatic heterocycles. The Morgan fingerprint density at radius 1 is 1.16 bits per heavy atom. The average Bonchev–Trinajstić information content (AvgIpc) is 3.09. The number of nitrogens with zero attached hydrogens (tertiary/aromatic N) is 4. The van der Waals surface area contributed by atoms with Crippen LogP contribution in [0.15, 0.2) is 33.9 Å². The van der Waals surface area contributed by atoms with E-state index >= 15 is 0 Å². The Bertz CT molecular complexity index is 1260. The predicted molar refractivity (Wildman–Crippen MR) is 93.9 cm³/mol. The number of imidazole rings is 2. The molecule has 25 heavy (non-hydrogen) atoms. The lowest BCUT2D eigenvalue weighted by atomic mass is 10.3. The molecule has 0 saturated heterocycles. The molecule has 0 aliphatic rings. The molecular weight excluding hydrogens is 322 g/mol. The van der Waals surface area contributed by atoms with E-state index in [0.29, 0.717) is 16.9 Å². The van der Waals surface area contributed by atoms with Gasteiger partial charge in [-0.2, -0.15) is 4.98 Å². The highest BCUT2D eigenvalue weighted by Crippen LogP contribution is 2.26. The van der Waals surface area contributed by atoms with E-state index in [9.17, 15) is 9.59 Å². The summed E-state index contributed by atoms with van der Waals surface area (Å²) in [6.45, 7) is 3.89. The van der Waals surface area contributed by atoms with Gasteiger partial charge < -0.3 is 4.74 Å². The maximum Gasteiger partial charge on any atom is 0.329 e. The molecule has 4 aromatic rings. The number of rotatable bonds is 2. The van der Waals surface area contributed by atoms with Crippen molar-refractivity contribution in [2.24, 2.45) is 7.05 Å². The summed E-state index contributed by atoms with van der Waals surface area (Å²) in [5.41, 5.74) is 2.47. The minimum atomic E-state index is -0.486. The molecule has 4 rings (SSSR count). The van der Waals surface area contributed by atoms with Crippen LogP contribution in [0, 0.1) is 13.8 Å². The van der Waals surface area contributed by atoms with Crippen molar-refractivity contribution in [3.05, 3.63) is 56.5 Å². The second-order valence-electron chi connectivity index (χ2n) is 5.95. The molecule has 0 spiro atoms. The van der Waals surface area contributed by atoms with Crippen LogP contribution in [0.25, 0.3) is 22.6 Å². The Hall–Kier alpha value is -3.29. The van der Waals surface area contributed by atoms with Crippen LogP contribution in [0.4, 0.5) is 0 Å². The van der Waals surface area contributed by atoms with Gasteiger partial charge in [0, 0.05) is 24.5 Å². The van der Waals surface area contributed by atoms with Gasteiger partial charge in [0.15, 0.2) is 11.2 Å². The number of benzene rings is 1. The first-order valence-corrected chi connectivity index (χ1v) is 7.78. The van der Waals surface area contributed by atoms with Crippen molar-refractivity contribution >= 4 is 16.9 Å². The molecule has 1 N–H and O–H groups in total. The molecule has 0 saturated carbocycles. The molecule has 0 atom stereocenters. The fraction of sp³-hybridized carbons (Fsp3) is 0.235. The highest BCUT2D eigenvalue weighted by atomic mass is 16.5. The number of nitrogens with one attached hydrogen (secondary N) is 1. The third kappa shape index (κ3) is 1.97. The number of H-pyrrole nitrogens is 1. The lowest BCUT2D eigenvalue weighted by Crippen LogP contribution is -2.28. The second-order valence-corrected chi connectivity index (χ2v) is 5.95. The maximum atomic E-state index is 12.4. The van der Waals surface area contributed by atoms with Gasteiger partial charge in [-0.15, -0.1) is 0 Å². The molecule has 3 aromatic heterocycles. The van der Waals surface area contributed by atoms with E-state index in [2.05, 4.69) is 9.97 Å². The maximum absolute atomic E-state index is 12.4. The molecule has 128 valence electrons. The normalized spacial score (nSPS) is 11.5. The smallest absolute Gasteiger partial charge is 0.329 e. The number of methoxy groups -OCH3 is 1. The Kier molecular flexibility index (Phi) is 3.11. The highest BCUT2D eigenvalue weighted by molar-refractivity contribution is 5.77. The minimum Gasteiger partial charge on any atom is -0.497 e. The molecule has 8 heteroatoms. The van der Waals surface area contributed by atoms with E-state index in [1.54, 1.807) is 18.6 Å². The molecule has 0 aliphatic carbocycles. The van der Waals surface area contributed by atoms with E-state index in [4.69, 9.17) is 4.74 Å². The van der Waals surface area contributed by atoms with Gasteiger partial charge in [-0.05, 0) is 26.0 Å². The van der Waals surface area contributed by atoms with Crippen molar-refractivity contribution in [2.75, 3.05) is 7.11 Å². The minimum absolute atomic E-state index is 0.350. The van der Waals surface area contributed by atoms with Crippen molar-refractivity contribution in [3.63, 3.8) is 0 Å². The van der Waals surface area contributed by atoms with Gasteiger partial charge in [0.05, 0.1) is 12.8 Å². The van der Waals surface area contributed by atoms with Crippen molar-refractivity contribution < 1.29 is 4.74 Å². The fourth-order valence-corrected chi connectivity index (χ4v) is 3.17. The van der Waals surface area contributed by atoms with Gasteiger partial charge in [-0.3, -0.25) is 23.3 Å². The standard InChI is InChI=1S/C17H17N5O3/c1-9-10(2)22-13-14(20(3)17(24)19-15(13)23)18-16(22)21(9)11-6-5-7-12(8-11)25-4/h5-8H,1-4H3,(H,19,23,24). The van der Waals surface area contributed by atoms with E-state index in [1.165, 1.54) is 4.57 Å². The van der Waals surface area contributed by atoms with E-state index in [-0.39, 0.29) is 0 Å². The van der Waals surface area contributed by atoms with Crippen molar-refractivity contribution in [2.45, 2.75) is 13.8 Å². The monoisotopic (exact) mass is 339 g/mol. The number of hydrogen-bond donors (Lipinski definition) is 1. The molecule has 1 aromatic carbocycles. The first-order chi connectivity index (χ1) is 11.9. The van der Waals surface area contributed by atoms with Crippen LogP contribution in [0.2, 0.25) is 0 Å². The van der Waals surface area contributed by atoms with Gasteiger partial charge in [0.1, 0.15) is 5.75 Å². The van der Waals surface area contributed by atoms with Crippen LogP contribution in [0.1, 0.15) is 11.4 Å². The summed E-state index contributed by atoms with van der Waals surface area (Å²) in [5.74, 6) is 1.30. The third-order valence-corrected chi connectivity index (χ3v) is 4.61. The zero-order valence-electron chi connectivity index (χ0n) is 14.3. The molecule has 3 heterocycles. The Balaban J connectivity index is 2.20. The zero-order valence-corrected chi connectivity index (χ0v) is 14.3. The van der Waals surface area contributed by atoms with Crippen LogP contribution in [0.3, 0.4) is 0 Å². The number of aromatic nitrogens is 5. The van der Waals surface area contributed by atoms with Crippen molar-refractivity contribution in [1.29, 1.82) is 0 Å². The topological polar surface area (TPSA) is 86.3 Å². The van der Waals surface area contributed by atoms with E-state index in [0.717, 1.165) is 22.8 Å². The number of aryl methyl sites for hydroxylation is 2. The fourth-order valence-electron chi connectivity index (χ4n) is 3.17. The van der Waals surface area contributed by atoms with Crippen LogP contribution in [-0.2, 0) is 7.05 Å². The average molecular weight is 339 g/mol. The number of ether oxygens (including phenoxy) is 1. The van der Waals surface area contributed by atoms with Crippen molar-refractivity contribution in [1.82, 2.24) is 23.5 Å². The Morgan fingerprint density at radius 2 is 1.92 bits per heavy atom. The van der Waals surface area contributed by atoms with E-state index < -0.39 is 11.2 Å². The molecule has 0 fully saturated rings. The van der Waals surface area contributed by atoms with Gasteiger partial charge >= 0.3 is 5.69 Å². The predicted octanol–water partition coefficient (Wildman–Crippen LogP) is 1.29. The first-order valence-electron chi connectivity index (χ1n) is 7.78. The van der Waals surface area contributed by atoms with Gasteiger partial charge in [-0.1, -0.05) is 6.07 Å². The summed E-state index contributed by atoms with van der Waals surface area (Å²) >= 11 is 0. The van der Waals surface area contributed by atoms with Crippen molar-refractivity contribution in [3.8, 4) is 11.4 Å². The largest absolute Gasteiger partial charge is 0.497 e. The Morgan fingerprint density at radius 3 is 2.64 bits per heavy atom. The summed E-state index contributed by atoms with van der Waals surface area (Å²) in [6, 6.07) is 7.60. The third-order valence-electron chi connectivity index (χ3n) is 4.61. The summed E-state index contributed by atoms with van der Waals surface area (Å²) in [6.07, 6.45) is 0. The van der Waals surface area contributed by atoms with E-state index in [1.807, 2.05) is 42.7 Å². The zero-order chi connectivity index (χ0) is 17.9. The van der Waals surface area contributed by atoms with Gasteiger partial charge in [-0.25, -0.2) is 4.79 Å². The quantitative estimate of drug-likeness (QED) is 0.596. The first kappa shape index (κ1) is 15.3. The van der Waals surface area contributed by atoms with Crippen LogP contribution < -0.4 is 16.0 Å². The molecular formula is C17H17N5O3. The van der Waals surface area contributed by atoms with Gasteiger partial charge in [0.2, 0.25) is 5.78 Å². The Labute approximate surface area is 141 Å². The number of hydrogen-bond acceptors (Lipinski definition) is 4. The molecule has 0 bridgehead atoms. The molecule has 0 radical (unpaired) electrons. The summed E-state index contributed by atoms with van der Waals surface area (Å²) in [4.78, 5) is 31.2.